The molecule has 2 aromatic carbocycles. The molecule has 0 aliphatic carbocycles. The van der Waals surface area contributed by atoms with Crippen LogP contribution in [0.1, 0.15) is 20.7 Å². The highest BCUT2D eigenvalue weighted by molar-refractivity contribution is 6.08. The second kappa shape index (κ2) is 7.92. The van der Waals surface area contributed by atoms with Gasteiger partial charge in [0.2, 0.25) is 5.91 Å². The first-order chi connectivity index (χ1) is 15.4. The summed E-state index contributed by atoms with van der Waals surface area (Å²) in [7, 11) is 0. The third-order valence-electron chi connectivity index (χ3n) is 4.47. The molecule has 4 rings (SSSR count). The fourth-order valence-corrected chi connectivity index (χ4v) is 2.97. The Morgan fingerprint density at radius 1 is 1.09 bits per heavy atom. The first-order valence-corrected chi connectivity index (χ1v) is 8.94. The Morgan fingerprint density at radius 2 is 1.84 bits per heavy atom. The molecule has 0 fully saturated rings. The molecule has 0 bridgehead atoms. The number of benzene rings is 2. The molecule has 156 valence electrons. The number of carbonyl (C=O) groups excluding carboxylic acids is 2. The van der Waals surface area contributed by atoms with Gasteiger partial charge in [0.1, 0.15) is 5.69 Å². The third-order valence-corrected chi connectivity index (χ3v) is 4.47. The van der Waals surface area contributed by atoms with Gasteiger partial charge in [0.15, 0.2) is 11.6 Å². The summed E-state index contributed by atoms with van der Waals surface area (Å²) in [5.41, 5.74) is 10.6. The molecule has 0 spiro atoms. The SMILES string of the molecule is [C-]#[N+]c1cnn(-c2ncccn2)c1N=Nc1c(O)c(C(N)=O)cc2cc(C(N)=O)ccc12. The third kappa shape index (κ3) is 3.46. The molecule has 0 aliphatic rings. The summed E-state index contributed by atoms with van der Waals surface area (Å²) in [5.74, 6) is -1.92. The van der Waals surface area contributed by atoms with Crippen LogP contribution >= 0.6 is 0 Å². The molecule has 4 aromatic rings. The minimum atomic E-state index is -0.907. The van der Waals surface area contributed by atoms with Gasteiger partial charge in [-0.05, 0) is 29.7 Å². The van der Waals surface area contributed by atoms with Crippen LogP contribution in [-0.4, -0.2) is 36.7 Å². The van der Waals surface area contributed by atoms with E-state index >= 15 is 0 Å². The maximum absolute atomic E-state index is 11.8. The number of primary amides is 2. The van der Waals surface area contributed by atoms with Crippen molar-refractivity contribution in [2.24, 2.45) is 21.7 Å². The minimum absolute atomic E-state index is 0.0111. The molecule has 0 unspecified atom stereocenters. The molecule has 0 aliphatic heterocycles. The van der Waals surface area contributed by atoms with Gasteiger partial charge in [-0.15, -0.1) is 10.2 Å². The van der Waals surface area contributed by atoms with Crippen LogP contribution in [0.25, 0.3) is 21.6 Å². The lowest BCUT2D eigenvalue weighted by Crippen LogP contribution is -2.12. The molecule has 0 saturated heterocycles. The van der Waals surface area contributed by atoms with E-state index in [2.05, 4.69) is 30.1 Å². The number of hydrogen-bond acceptors (Lipinski definition) is 8. The van der Waals surface area contributed by atoms with Gasteiger partial charge in [0.25, 0.3) is 17.5 Å². The zero-order chi connectivity index (χ0) is 22.8. The number of carbonyl (C=O) groups is 2. The van der Waals surface area contributed by atoms with Crippen molar-refractivity contribution >= 4 is 39.8 Å². The van der Waals surface area contributed by atoms with Crippen LogP contribution in [0.15, 0.2) is 59.2 Å². The smallest absolute Gasteiger partial charge is 0.252 e. The predicted octanol–water partition coefficient (Wildman–Crippen LogP) is 2.69. The second-order valence-corrected chi connectivity index (χ2v) is 6.41. The highest BCUT2D eigenvalue weighted by Gasteiger charge is 2.19. The van der Waals surface area contributed by atoms with E-state index in [1.807, 2.05) is 0 Å². The fourth-order valence-electron chi connectivity index (χ4n) is 2.97. The zero-order valence-electron chi connectivity index (χ0n) is 16.2. The number of hydrogen-bond donors (Lipinski definition) is 3. The van der Waals surface area contributed by atoms with Crippen molar-refractivity contribution in [1.29, 1.82) is 0 Å². The molecular formula is C20H13N9O3. The Kier molecular flexibility index (Phi) is 4.98. The van der Waals surface area contributed by atoms with E-state index in [0.29, 0.717) is 10.8 Å². The van der Waals surface area contributed by atoms with E-state index in [9.17, 15) is 14.7 Å². The van der Waals surface area contributed by atoms with E-state index in [1.165, 1.54) is 47.5 Å². The highest BCUT2D eigenvalue weighted by Crippen LogP contribution is 2.40. The maximum Gasteiger partial charge on any atom is 0.252 e. The van der Waals surface area contributed by atoms with E-state index in [1.54, 1.807) is 6.07 Å². The van der Waals surface area contributed by atoms with E-state index < -0.39 is 17.6 Å². The van der Waals surface area contributed by atoms with Crippen LogP contribution < -0.4 is 11.5 Å². The van der Waals surface area contributed by atoms with Crippen molar-refractivity contribution in [3.63, 3.8) is 0 Å². The Balaban J connectivity index is 1.93. The zero-order valence-corrected chi connectivity index (χ0v) is 16.2. The van der Waals surface area contributed by atoms with Gasteiger partial charge in [-0.2, -0.15) is 9.78 Å². The van der Waals surface area contributed by atoms with E-state index in [0.717, 1.165) is 0 Å². The van der Waals surface area contributed by atoms with Crippen molar-refractivity contribution < 1.29 is 14.7 Å². The summed E-state index contributed by atoms with van der Waals surface area (Å²) in [6, 6.07) is 7.32. The molecule has 12 heteroatoms. The Morgan fingerprint density at radius 3 is 2.50 bits per heavy atom. The molecule has 5 N–H and O–H groups in total. The molecule has 0 radical (unpaired) electrons. The van der Waals surface area contributed by atoms with Crippen LogP contribution in [0.4, 0.5) is 17.2 Å². The molecule has 0 saturated carbocycles. The lowest BCUT2D eigenvalue weighted by atomic mass is 10.0. The van der Waals surface area contributed by atoms with Crippen molar-refractivity contribution in [1.82, 2.24) is 19.7 Å². The lowest BCUT2D eigenvalue weighted by molar-refractivity contribution is 0.0991. The first-order valence-electron chi connectivity index (χ1n) is 8.94. The monoisotopic (exact) mass is 427 g/mol. The highest BCUT2D eigenvalue weighted by atomic mass is 16.3. The number of aromatic hydroxyl groups is 1. The maximum atomic E-state index is 11.8. The number of nitrogens with two attached hydrogens (primary N) is 2. The molecule has 2 heterocycles. The number of phenols is 1. The Labute approximate surface area is 179 Å². The summed E-state index contributed by atoms with van der Waals surface area (Å²) in [6.45, 7) is 7.35. The summed E-state index contributed by atoms with van der Waals surface area (Å²) in [4.78, 5) is 34.9. The summed E-state index contributed by atoms with van der Waals surface area (Å²) in [6.07, 6.45) is 4.26. The minimum Gasteiger partial charge on any atom is -0.505 e. The fraction of sp³-hybridized carbons (Fsp3) is 0. The predicted molar refractivity (Wildman–Crippen MR) is 112 cm³/mol. The van der Waals surface area contributed by atoms with Crippen molar-refractivity contribution in [2.75, 3.05) is 0 Å². The normalized spacial score (nSPS) is 11.0. The van der Waals surface area contributed by atoms with Crippen LogP contribution in [-0.2, 0) is 0 Å². The number of amides is 2. The van der Waals surface area contributed by atoms with Crippen LogP contribution in [0.5, 0.6) is 5.75 Å². The van der Waals surface area contributed by atoms with Crippen molar-refractivity contribution in [3.8, 4) is 11.7 Å². The second-order valence-electron chi connectivity index (χ2n) is 6.41. The van der Waals surface area contributed by atoms with Crippen LogP contribution in [0, 0.1) is 6.57 Å². The molecule has 12 nitrogen and oxygen atoms in total. The van der Waals surface area contributed by atoms with Crippen molar-refractivity contribution in [2.45, 2.75) is 0 Å². The number of nitrogens with zero attached hydrogens (tertiary/aromatic N) is 7. The number of rotatable bonds is 5. The molecule has 0 atom stereocenters. The van der Waals surface area contributed by atoms with Gasteiger partial charge in [-0.1, -0.05) is 6.07 Å². The average molecular weight is 427 g/mol. The van der Waals surface area contributed by atoms with Gasteiger partial charge in [-0.3, -0.25) is 9.59 Å². The quantitative estimate of drug-likeness (QED) is 0.325. The molecule has 2 aromatic heterocycles. The summed E-state index contributed by atoms with van der Waals surface area (Å²) >= 11 is 0. The Bertz CT molecular complexity index is 1450. The van der Waals surface area contributed by atoms with Gasteiger partial charge in [-0.25, -0.2) is 14.8 Å². The van der Waals surface area contributed by atoms with Gasteiger partial charge in [0.05, 0.1) is 18.3 Å². The van der Waals surface area contributed by atoms with Gasteiger partial charge >= 0.3 is 0 Å². The van der Waals surface area contributed by atoms with Crippen LogP contribution in [0.3, 0.4) is 0 Å². The largest absolute Gasteiger partial charge is 0.505 e. The molecule has 2 amide bonds. The van der Waals surface area contributed by atoms with E-state index in [-0.39, 0.29) is 34.3 Å². The van der Waals surface area contributed by atoms with Crippen LogP contribution in [0.2, 0.25) is 0 Å². The summed E-state index contributed by atoms with van der Waals surface area (Å²) in [5, 5.41) is 23.6. The van der Waals surface area contributed by atoms with Crippen molar-refractivity contribution in [3.05, 3.63) is 71.5 Å². The molecule has 32 heavy (non-hydrogen) atoms. The number of azo groups is 1. The topological polar surface area (TPSA) is 179 Å². The number of fused-ring (bicyclic) bond motifs is 1. The average Bonchev–Trinajstić information content (AvgIpc) is 3.21. The molecular weight excluding hydrogens is 414 g/mol. The standard InChI is InChI=1S/C20H13N9O3/c1-23-14-9-26-29(20-24-5-2-6-25-20)19(14)28-27-15-12-4-3-10(17(21)31)7-11(12)8-13(16(15)30)18(22)32/h2-9,30H,(H2,21,31)(H2,22,32). The lowest BCUT2D eigenvalue weighted by Gasteiger charge is -2.09. The van der Waals surface area contributed by atoms with Gasteiger partial charge in [0, 0.05) is 23.3 Å². The van der Waals surface area contributed by atoms with Gasteiger partial charge < -0.3 is 16.6 Å². The first kappa shape index (κ1) is 20.1. The summed E-state index contributed by atoms with van der Waals surface area (Å²) < 4.78 is 1.21. The van der Waals surface area contributed by atoms with E-state index in [4.69, 9.17) is 18.0 Å². The number of aromatic nitrogens is 4. The Hall–Kier alpha value is -5.18.